The lowest BCUT2D eigenvalue weighted by atomic mass is 10.1. The van der Waals surface area contributed by atoms with Gasteiger partial charge in [-0.05, 0) is 12.1 Å². The standard InChI is InChI=1S/C19H15N3O3/c23-17(24)11-10-16-18(13-6-2-1-3-7-13)21-19(25-16)22-12-20-14-8-4-5-9-15(14)22/h1-9,12H,10-11H2,(H,23,24). The second kappa shape index (κ2) is 6.24. The Bertz CT molecular complexity index is 1030. The molecule has 4 aromatic rings. The molecule has 0 fully saturated rings. The minimum absolute atomic E-state index is 0.0147. The average molecular weight is 333 g/mol. The van der Waals surface area contributed by atoms with Crippen LogP contribution in [-0.4, -0.2) is 25.6 Å². The van der Waals surface area contributed by atoms with Crippen LogP contribution in [0.3, 0.4) is 0 Å². The summed E-state index contributed by atoms with van der Waals surface area (Å²) >= 11 is 0. The van der Waals surface area contributed by atoms with Crippen molar-refractivity contribution in [2.24, 2.45) is 0 Å². The van der Waals surface area contributed by atoms with Crippen molar-refractivity contribution in [2.75, 3.05) is 0 Å². The van der Waals surface area contributed by atoms with E-state index in [-0.39, 0.29) is 12.8 Å². The van der Waals surface area contributed by atoms with Crippen LogP contribution >= 0.6 is 0 Å². The molecule has 2 heterocycles. The van der Waals surface area contributed by atoms with Crippen molar-refractivity contribution in [3.05, 3.63) is 66.7 Å². The molecule has 0 saturated heterocycles. The quantitative estimate of drug-likeness (QED) is 0.602. The molecule has 0 spiro atoms. The summed E-state index contributed by atoms with van der Waals surface area (Å²) in [6.45, 7) is 0. The van der Waals surface area contributed by atoms with Crippen molar-refractivity contribution in [1.29, 1.82) is 0 Å². The fourth-order valence-corrected chi connectivity index (χ4v) is 2.77. The summed E-state index contributed by atoms with van der Waals surface area (Å²) in [5.41, 5.74) is 3.28. The van der Waals surface area contributed by atoms with Gasteiger partial charge in [0, 0.05) is 12.0 Å². The topological polar surface area (TPSA) is 81.1 Å². The number of carboxylic acid groups (broad SMARTS) is 1. The number of carbonyl (C=O) groups is 1. The predicted octanol–water partition coefficient (Wildman–Crippen LogP) is 3.70. The third kappa shape index (κ3) is 2.89. The molecule has 0 saturated carbocycles. The molecule has 4 rings (SSSR count). The van der Waals surface area contributed by atoms with Crippen LogP contribution < -0.4 is 0 Å². The van der Waals surface area contributed by atoms with Gasteiger partial charge in [0.1, 0.15) is 17.8 Å². The van der Waals surface area contributed by atoms with E-state index in [1.807, 2.05) is 54.6 Å². The van der Waals surface area contributed by atoms with Crippen LogP contribution in [0, 0.1) is 0 Å². The minimum atomic E-state index is -0.870. The molecule has 2 aromatic carbocycles. The lowest BCUT2D eigenvalue weighted by Gasteiger charge is -1.99. The number of aliphatic carboxylic acids is 1. The van der Waals surface area contributed by atoms with Gasteiger partial charge >= 0.3 is 12.0 Å². The molecule has 0 unspecified atom stereocenters. The Morgan fingerprint density at radius 1 is 1.08 bits per heavy atom. The van der Waals surface area contributed by atoms with Gasteiger partial charge in [-0.25, -0.2) is 4.98 Å². The molecule has 0 aliphatic heterocycles. The Hall–Kier alpha value is -3.41. The molecule has 2 aromatic heterocycles. The van der Waals surface area contributed by atoms with E-state index in [0.29, 0.717) is 17.5 Å². The molecule has 0 bridgehead atoms. The Balaban J connectivity index is 1.82. The van der Waals surface area contributed by atoms with Crippen molar-refractivity contribution in [3.63, 3.8) is 0 Å². The van der Waals surface area contributed by atoms with Crippen LogP contribution in [0.15, 0.2) is 65.3 Å². The van der Waals surface area contributed by atoms with E-state index in [1.54, 1.807) is 10.9 Å². The van der Waals surface area contributed by atoms with Gasteiger partial charge in [0.05, 0.1) is 17.5 Å². The van der Waals surface area contributed by atoms with Crippen molar-refractivity contribution >= 4 is 17.0 Å². The average Bonchev–Trinajstić information content (AvgIpc) is 3.24. The highest BCUT2D eigenvalue weighted by atomic mass is 16.4. The lowest BCUT2D eigenvalue weighted by molar-refractivity contribution is -0.137. The van der Waals surface area contributed by atoms with E-state index in [4.69, 9.17) is 9.52 Å². The maximum atomic E-state index is 11.0. The first-order chi connectivity index (χ1) is 12.2. The number of oxazole rings is 1. The maximum absolute atomic E-state index is 11.0. The van der Waals surface area contributed by atoms with Crippen molar-refractivity contribution in [1.82, 2.24) is 14.5 Å². The first-order valence-electron chi connectivity index (χ1n) is 7.92. The van der Waals surface area contributed by atoms with E-state index in [2.05, 4.69) is 9.97 Å². The maximum Gasteiger partial charge on any atom is 0.308 e. The number of rotatable bonds is 5. The number of hydrogen-bond acceptors (Lipinski definition) is 4. The van der Waals surface area contributed by atoms with Crippen LogP contribution in [0.1, 0.15) is 12.2 Å². The number of imidazole rings is 1. The van der Waals surface area contributed by atoms with E-state index < -0.39 is 5.97 Å². The summed E-state index contributed by atoms with van der Waals surface area (Å²) in [4.78, 5) is 19.9. The van der Waals surface area contributed by atoms with Gasteiger partial charge in [-0.3, -0.25) is 9.36 Å². The predicted molar refractivity (Wildman–Crippen MR) is 92.5 cm³/mol. The lowest BCUT2D eigenvalue weighted by Crippen LogP contribution is -1.97. The van der Waals surface area contributed by atoms with Gasteiger partial charge < -0.3 is 9.52 Å². The molecule has 124 valence electrons. The summed E-state index contributed by atoms with van der Waals surface area (Å²) in [6, 6.07) is 17.7. The number of fused-ring (bicyclic) bond motifs is 1. The summed E-state index contributed by atoms with van der Waals surface area (Å²) in [5, 5.41) is 8.99. The number of carboxylic acids is 1. The van der Waals surface area contributed by atoms with Gasteiger partial charge in [0.2, 0.25) is 0 Å². The summed E-state index contributed by atoms with van der Waals surface area (Å²) < 4.78 is 7.69. The second-order valence-corrected chi connectivity index (χ2v) is 5.63. The smallest absolute Gasteiger partial charge is 0.308 e. The van der Waals surface area contributed by atoms with E-state index in [0.717, 1.165) is 16.6 Å². The van der Waals surface area contributed by atoms with Crippen LogP contribution in [0.4, 0.5) is 0 Å². The minimum Gasteiger partial charge on any atom is -0.481 e. The molecule has 6 heteroatoms. The SMILES string of the molecule is O=C(O)CCc1oc(-n2cnc3ccccc32)nc1-c1ccccc1. The first kappa shape index (κ1) is 15.1. The number of hydrogen-bond donors (Lipinski definition) is 1. The van der Waals surface area contributed by atoms with Gasteiger partial charge in [-0.2, -0.15) is 4.98 Å². The second-order valence-electron chi connectivity index (χ2n) is 5.63. The normalized spacial score (nSPS) is 11.0. The molecule has 0 aliphatic carbocycles. The van der Waals surface area contributed by atoms with Crippen LogP contribution in [0.2, 0.25) is 0 Å². The van der Waals surface area contributed by atoms with Crippen LogP contribution in [0.25, 0.3) is 28.3 Å². The fraction of sp³-hybridized carbons (Fsp3) is 0.105. The molecule has 0 aliphatic rings. The highest BCUT2D eigenvalue weighted by molar-refractivity contribution is 5.76. The Kier molecular flexibility index (Phi) is 3.78. The van der Waals surface area contributed by atoms with E-state index >= 15 is 0 Å². The summed E-state index contributed by atoms with van der Waals surface area (Å²) in [5.74, 6) is -0.313. The van der Waals surface area contributed by atoms with Crippen molar-refractivity contribution < 1.29 is 14.3 Å². The molecule has 25 heavy (non-hydrogen) atoms. The Morgan fingerprint density at radius 3 is 2.64 bits per heavy atom. The van der Waals surface area contributed by atoms with Crippen LogP contribution in [-0.2, 0) is 11.2 Å². The number of aromatic nitrogens is 3. The molecule has 0 radical (unpaired) electrons. The van der Waals surface area contributed by atoms with Crippen LogP contribution in [0.5, 0.6) is 0 Å². The monoisotopic (exact) mass is 333 g/mol. The van der Waals surface area contributed by atoms with Crippen molar-refractivity contribution in [2.45, 2.75) is 12.8 Å². The molecule has 6 nitrogen and oxygen atoms in total. The van der Waals surface area contributed by atoms with Gasteiger partial charge in [-0.1, -0.05) is 42.5 Å². The highest BCUT2D eigenvalue weighted by Gasteiger charge is 2.18. The van der Waals surface area contributed by atoms with Crippen molar-refractivity contribution in [3.8, 4) is 17.3 Å². The zero-order valence-corrected chi connectivity index (χ0v) is 13.3. The molecule has 0 atom stereocenters. The molecular weight excluding hydrogens is 318 g/mol. The molecule has 0 amide bonds. The molecular formula is C19H15N3O3. The number of benzene rings is 2. The van der Waals surface area contributed by atoms with E-state index in [9.17, 15) is 4.79 Å². The molecule has 1 N–H and O–H groups in total. The Morgan fingerprint density at radius 2 is 1.84 bits per heavy atom. The van der Waals surface area contributed by atoms with E-state index in [1.165, 1.54) is 0 Å². The number of aryl methyl sites for hydroxylation is 1. The fourth-order valence-electron chi connectivity index (χ4n) is 2.77. The number of nitrogens with zero attached hydrogens (tertiary/aromatic N) is 3. The third-order valence-electron chi connectivity index (χ3n) is 3.96. The highest BCUT2D eigenvalue weighted by Crippen LogP contribution is 2.28. The zero-order valence-electron chi connectivity index (χ0n) is 13.3. The number of para-hydroxylation sites is 2. The zero-order chi connectivity index (χ0) is 17.2. The largest absolute Gasteiger partial charge is 0.481 e. The third-order valence-corrected chi connectivity index (χ3v) is 3.96. The first-order valence-corrected chi connectivity index (χ1v) is 7.92. The summed E-state index contributed by atoms with van der Waals surface area (Å²) in [6.07, 6.45) is 1.92. The van der Waals surface area contributed by atoms with Gasteiger partial charge in [-0.15, -0.1) is 0 Å². The van der Waals surface area contributed by atoms with Gasteiger partial charge in [0.15, 0.2) is 0 Å². The Labute approximate surface area is 143 Å². The van der Waals surface area contributed by atoms with Gasteiger partial charge in [0.25, 0.3) is 0 Å². The summed E-state index contributed by atoms with van der Waals surface area (Å²) in [7, 11) is 0.